The lowest BCUT2D eigenvalue weighted by Crippen LogP contribution is -2.45. The van der Waals surface area contributed by atoms with Gasteiger partial charge in [-0.3, -0.25) is 14.9 Å². The van der Waals surface area contributed by atoms with Crippen LogP contribution in [-0.2, 0) is 4.79 Å². The molecule has 0 saturated carbocycles. The van der Waals surface area contributed by atoms with Gasteiger partial charge in [-0.25, -0.2) is 0 Å². The first-order chi connectivity index (χ1) is 9.00. The molecule has 1 saturated heterocycles. The molecule has 1 amide bonds. The summed E-state index contributed by atoms with van der Waals surface area (Å²) in [6, 6.07) is 5.06. The van der Waals surface area contributed by atoms with E-state index in [4.69, 9.17) is 0 Å². The third-order valence-corrected chi connectivity index (χ3v) is 3.86. The molecule has 0 N–H and O–H groups in total. The smallest absolute Gasteiger partial charge is 0.269 e. The minimum absolute atomic E-state index is 0.121. The Bertz CT molecular complexity index is 530. The van der Waals surface area contributed by atoms with E-state index < -0.39 is 22.2 Å². The summed E-state index contributed by atoms with van der Waals surface area (Å²) in [5.74, 6) is -1.25. The predicted molar refractivity (Wildman–Crippen MR) is 65.4 cm³/mol. The molecule has 0 aromatic heterocycles. The zero-order chi connectivity index (χ0) is 14.0. The number of aliphatic carboxylic acids is 1. The maximum atomic E-state index is 12.1. The summed E-state index contributed by atoms with van der Waals surface area (Å²) in [6.45, 7) is 0.319. The van der Waals surface area contributed by atoms with Gasteiger partial charge in [0, 0.05) is 30.0 Å². The number of nitro benzene ring substituents is 1. The van der Waals surface area contributed by atoms with Crippen LogP contribution in [0.25, 0.3) is 0 Å². The molecular formula is C11H9N2O5S-. The number of carboxylic acid groups (broad SMARTS) is 1. The van der Waals surface area contributed by atoms with Crippen LogP contribution in [0.15, 0.2) is 24.3 Å². The Balaban J connectivity index is 2.19. The average molecular weight is 281 g/mol. The highest BCUT2D eigenvalue weighted by atomic mass is 32.2. The Morgan fingerprint density at radius 2 is 1.95 bits per heavy atom. The fourth-order valence-electron chi connectivity index (χ4n) is 1.76. The van der Waals surface area contributed by atoms with Crippen LogP contribution in [0.3, 0.4) is 0 Å². The average Bonchev–Trinajstić information content (AvgIpc) is 2.87. The molecule has 100 valence electrons. The van der Waals surface area contributed by atoms with Gasteiger partial charge in [0.05, 0.1) is 10.9 Å². The molecule has 1 heterocycles. The molecule has 1 aromatic rings. The second-order valence-electron chi connectivity index (χ2n) is 3.84. The zero-order valence-corrected chi connectivity index (χ0v) is 10.5. The van der Waals surface area contributed by atoms with Crippen molar-refractivity contribution in [3.8, 4) is 0 Å². The lowest BCUT2D eigenvalue weighted by atomic mass is 10.2. The molecule has 8 heteroatoms. The summed E-state index contributed by atoms with van der Waals surface area (Å²) >= 11 is 1.12. The largest absolute Gasteiger partial charge is 0.547 e. The topological polar surface area (TPSA) is 104 Å². The van der Waals surface area contributed by atoms with E-state index >= 15 is 0 Å². The molecule has 1 aromatic carbocycles. The van der Waals surface area contributed by atoms with Crippen LogP contribution in [0.2, 0.25) is 0 Å². The number of non-ortho nitro benzene ring substituents is 1. The Morgan fingerprint density at radius 1 is 1.32 bits per heavy atom. The van der Waals surface area contributed by atoms with Gasteiger partial charge < -0.3 is 14.8 Å². The first-order valence-electron chi connectivity index (χ1n) is 5.38. The molecule has 0 bridgehead atoms. The van der Waals surface area contributed by atoms with Crippen LogP contribution in [0.5, 0.6) is 0 Å². The lowest BCUT2D eigenvalue weighted by Gasteiger charge is -2.24. The Morgan fingerprint density at radius 3 is 2.47 bits per heavy atom. The van der Waals surface area contributed by atoms with Crippen LogP contribution in [0, 0.1) is 10.1 Å². The third kappa shape index (κ3) is 2.68. The molecule has 0 spiro atoms. The Labute approximate surface area is 112 Å². The maximum Gasteiger partial charge on any atom is 0.269 e. The van der Waals surface area contributed by atoms with Crippen LogP contribution in [0.4, 0.5) is 5.69 Å². The summed E-state index contributed by atoms with van der Waals surface area (Å²) in [4.78, 5) is 34.1. The standard InChI is InChI=1S/C11H10N2O5S/c14-9(12-5-6-19-10(12)11(15)16)7-1-3-8(4-2-7)13(17)18/h1-4,10H,5-6H2,(H,15,16)/p-1/t10-/m1/s1. The Kier molecular flexibility index (Phi) is 3.70. The van der Waals surface area contributed by atoms with Gasteiger partial charge in [-0.05, 0) is 12.1 Å². The van der Waals surface area contributed by atoms with Crippen molar-refractivity contribution in [1.29, 1.82) is 0 Å². The number of nitrogens with zero attached hydrogens (tertiary/aromatic N) is 2. The van der Waals surface area contributed by atoms with Gasteiger partial charge in [0.1, 0.15) is 5.37 Å². The van der Waals surface area contributed by atoms with E-state index in [1.807, 2.05) is 0 Å². The van der Waals surface area contributed by atoms with Crippen molar-refractivity contribution < 1.29 is 19.6 Å². The minimum Gasteiger partial charge on any atom is -0.547 e. The number of rotatable bonds is 3. The molecule has 1 fully saturated rings. The van der Waals surface area contributed by atoms with Crippen molar-refractivity contribution in [3.05, 3.63) is 39.9 Å². The summed E-state index contributed by atoms with van der Waals surface area (Å²) in [5.41, 5.74) is 0.100. The van der Waals surface area contributed by atoms with Crippen molar-refractivity contribution in [1.82, 2.24) is 4.90 Å². The quantitative estimate of drug-likeness (QED) is 0.564. The summed E-state index contributed by atoms with van der Waals surface area (Å²) in [7, 11) is 0. The highest BCUT2D eigenvalue weighted by Crippen LogP contribution is 2.25. The van der Waals surface area contributed by atoms with E-state index in [1.165, 1.54) is 29.2 Å². The number of nitro groups is 1. The third-order valence-electron chi connectivity index (χ3n) is 2.68. The van der Waals surface area contributed by atoms with E-state index in [2.05, 4.69) is 0 Å². The first-order valence-corrected chi connectivity index (χ1v) is 6.43. The SMILES string of the molecule is O=C([O-])[C@H]1SCCN1C(=O)c1ccc([N+](=O)[O-])cc1. The molecule has 19 heavy (non-hydrogen) atoms. The molecule has 0 aliphatic carbocycles. The first kappa shape index (κ1) is 13.3. The van der Waals surface area contributed by atoms with Crippen LogP contribution >= 0.6 is 11.8 Å². The number of carbonyl (C=O) groups excluding carboxylic acids is 2. The monoisotopic (exact) mass is 281 g/mol. The number of carboxylic acids is 1. The number of carbonyl (C=O) groups is 2. The van der Waals surface area contributed by atoms with Gasteiger partial charge in [-0.2, -0.15) is 0 Å². The van der Waals surface area contributed by atoms with Gasteiger partial charge in [-0.15, -0.1) is 11.8 Å². The number of benzene rings is 1. The van der Waals surface area contributed by atoms with Crippen molar-refractivity contribution in [3.63, 3.8) is 0 Å². The van der Waals surface area contributed by atoms with E-state index in [0.717, 1.165) is 11.8 Å². The second-order valence-corrected chi connectivity index (χ2v) is 5.03. The molecule has 1 atom stereocenters. The number of thioether (sulfide) groups is 1. The van der Waals surface area contributed by atoms with Gasteiger partial charge in [0.15, 0.2) is 0 Å². The number of hydrogen-bond acceptors (Lipinski definition) is 6. The molecule has 0 unspecified atom stereocenters. The molecule has 2 rings (SSSR count). The van der Waals surface area contributed by atoms with Gasteiger partial charge in [0.25, 0.3) is 11.6 Å². The summed E-state index contributed by atoms with van der Waals surface area (Å²) in [5, 5.41) is 20.4. The van der Waals surface area contributed by atoms with Crippen LogP contribution < -0.4 is 5.11 Å². The summed E-state index contributed by atoms with van der Waals surface area (Å²) in [6.07, 6.45) is 0. The molecule has 1 aliphatic rings. The number of hydrogen-bond donors (Lipinski definition) is 0. The second kappa shape index (κ2) is 5.27. The predicted octanol–water partition coefficient (Wildman–Crippen LogP) is -0.140. The fourth-order valence-corrected chi connectivity index (χ4v) is 2.81. The van der Waals surface area contributed by atoms with E-state index in [0.29, 0.717) is 12.3 Å². The van der Waals surface area contributed by atoms with E-state index in [1.54, 1.807) is 0 Å². The van der Waals surface area contributed by atoms with Crippen molar-refractivity contribution >= 4 is 29.3 Å². The van der Waals surface area contributed by atoms with Gasteiger partial charge in [-0.1, -0.05) is 0 Å². The highest BCUT2D eigenvalue weighted by Gasteiger charge is 2.31. The van der Waals surface area contributed by atoms with Gasteiger partial charge >= 0.3 is 0 Å². The Hall–Kier alpha value is -2.09. The molecular weight excluding hydrogens is 272 g/mol. The van der Waals surface area contributed by atoms with Crippen molar-refractivity contribution in [2.75, 3.05) is 12.3 Å². The van der Waals surface area contributed by atoms with Crippen molar-refractivity contribution in [2.24, 2.45) is 0 Å². The fraction of sp³-hybridized carbons (Fsp3) is 0.273. The maximum absolute atomic E-state index is 12.1. The summed E-state index contributed by atoms with van der Waals surface area (Å²) < 4.78 is 0. The van der Waals surface area contributed by atoms with E-state index in [-0.39, 0.29) is 11.3 Å². The minimum atomic E-state index is -1.31. The highest BCUT2D eigenvalue weighted by molar-refractivity contribution is 8.00. The van der Waals surface area contributed by atoms with Crippen molar-refractivity contribution in [2.45, 2.75) is 5.37 Å². The lowest BCUT2D eigenvalue weighted by molar-refractivity contribution is -0.384. The molecule has 1 aliphatic heterocycles. The molecule has 0 radical (unpaired) electrons. The van der Waals surface area contributed by atoms with E-state index in [9.17, 15) is 24.8 Å². The van der Waals surface area contributed by atoms with Gasteiger partial charge in [0.2, 0.25) is 0 Å². The van der Waals surface area contributed by atoms with Crippen LogP contribution in [-0.4, -0.2) is 39.4 Å². The number of amides is 1. The van der Waals surface area contributed by atoms with Crippen LogP contribution in [0.1, 0.15) is 10.4 Å². The zero-order valence-electron chi connectivity index (χ0n) is 9.64. The normalized spacial score (nSPS) is 18.3. The molecule has 7 nitrogen and oxygen atoms in total.